The highest BCUT2D eigenvalue weighted by Crippen LogP contribution is 2.00. The molecule has 0 spiro atoms. The van der Waals surface area contributed by atoms with Crippen molar-refractivity contribution in [1.29, 1.82) is 0 Å². The van der Waals surface area contributed by atoms with Gasteiger partial charge in [0.15, 0.2) is 0 Å². The zero-order valence-corrected chi connectivity index (χ0v) is 6.83. The molecule has 60 valence electrons. The second kappa shape index (κ2) is 7.28. The molecule has 1 aromatic carbocycles. The van der Waals surface area contributed by atoms with Crippen molar-refractivity contribution in [3.8, 4) is 0 Å². The number of hydrogen-bond donors (Lipinski definition) is 2. The summed E-state index contributed by atoms with van der Waals surface area (Å²) in [4.78, 5) is 0. The minimum atomic E-state index is 1.13. The molecular weight excluding hydrogens is 160 g/mol. The second-order valence-electron chi connectivity index (χ2n) is 1.70. The molecule has 1 aromatic rings. The van der Waals surface area contributed by atoms with Crippen molar-refractivity contribution in [2.75, 3.05) is 0 Å². The van der Waals surface area contributed by atoms with Crippen LogP contribution in [0.4, 0.5) is 0 Å². The van der Waals surface area contributed by atoms with Crippen LogP contribution in [0.2, 0.25) is 0 Å². The fourth-order valence-electron chi connectivity index (χ4n) is 0.637. The fraction of sp³-hybridized carbons (Fsp3) is 0. The predicted molar refractivity (Wildman–Crippen MR) is 49.7 cm³/mol. The lowest BCUT2D eigenvalue weighted by Crippen LogP contribution is -2.02. The van der Waals surface area contributed by atoms with Gasteiger partial charge in [0.05, 0.1) is 0 Å². The molecule has 0 radical (unpaired) electrons. The van der Waals surface area contributed by atoms with Gasteiger partial charge in [0.25, 0.3) is 0 Å². The predicted octanol–water partition coefficient (Wildman–Crippen LogP) is 1.71. The van der Waals surface area contributed by atoms with Crippen molar-refractivity contribution >= 4 is 17.7 Å². The molecular formula is C8H11ClN2. The second-order valence-corrected chi connectivity index (χ2v) is 1.96. The molecule has 0 aromatic heterocycles. The third-order valence-corrected chi connectivity index (χ3v) is 1.18. The summed E-state index contributed by atoms with van der Waals surface area (Å²) < 4.78 is 0. The average molecular weight is 171 g/mol. The van der Waals surface area contributed by atoms with E-state index in [0.29, 0.717) is 0 Å². The first-order valence-corrected chi connectivity index (χ1v) is 3.52. The molecule has 0 aliphatic rings. The zero-order valence-electron chi connectivity index (χ0n) is 6.07. The molecule has 0 bridgehead atoms. The van der Waals surface area contributed by atoms with E-state index < -0.39 is 0 Å². The summed E-state index contributed by atoms with van der Waals surface area (Å²) in [6, 6.07) is 9.93. The van der Waals surface area contributed by atoms with Gasteiger partial charge >= 0.3 is 0 Å². The number of nitrogens with two attached hydrogens (primary N) is 2. The normalized spacial score (nSPS) is 9.00. The van der Waals surface area contributed by atoms with Crippen LogP contribution >= 0.6 is 11.6 Å². The smallest absolute Gasteiger partial charge is 0.00484 e. The van der Waals surface area contributed by atoms with Crippen LogP contribution in [0.25, 0.3) is 6.08 Å². The van der Waals surface area contributed by atoms with Crippen LogP contribution in [0.5, 0.6) is 0 Å². The number of halogens is 1. The highest BCUT2D eigenvalue weighted by atomic mass is 35.5. The van der Waals surface area contributed by atoms with E-state index >= 15 is 0 Å². The first-order chi connectivity index (χ1) is 5.43. The number of hydrazine groups is 1. The van der Waals surface area contributed by atoms with Crippen LogP contribution in [0.3, 0.4) is 0 Å². The van der Waals surface area contributed by atoms with E-state index in [2.05, 4.69) is 11.7 Å². The van der Waals surface area contributed by atoms with Gasteiger partial charge in [-0.2, -0.15) is 0 Å². The minimum absolute atomic E-state index is 1.13. The summed E-state index contributed by atoms with van der Waals surface area (Å²) in [6.07, 6.45) is 1.85. The minimum Gasteiger partial charge on any atom is -0.274 e. The van der Waals surface area contributed by atoms with E-state index in [0.717, 1.165) is 5.56 Å². The Labute approximate surface area is 71.4 Å². The molecule has 4 N–H and O–H groups in total. The van der Waals surface area contributed by atoms with Gasteiger partial charge in [-0.15, -0.1) is 0 Å². The Morgan fingerprint density at radius 1 is 1.09 bits per heavy atom. The molecule has 11 heavy (non-hydrogen) atoms. The third-order valence-electron chi connectivity index (χ3n) is 1.06. The standard InChI is InChI=1S/C8H7Cl.H4N2/c9-7-6-8-4-2-1-3-5-8;1-2/h1-7H;1-2H2. The quantitative estimate of drug-likeness (QED) is 0.498. The molecule has 0 aliphatic heterocycles. The fourth-order valence-corrected chi connectivity index (χ4v) is 0.782. The Kier molecular flexibility index (Phi) is 6.73. The van der Waals surface area contributed by atoms with E-state index in [4.69, 9.17) is 11.6 Å². The average Bonchev–Trinajstić information content (AvgIpc) is 2.11. The summed E-state index contributed by atoms with van der Waals surface area (Å²) in [5, 5.41) is 0. The summed E-state index contributed by atoms with van der Waals surface area (Å²) in [5.41, 5.74) is 2.64. The van der Waals surface area contributed by atoms with Crippen LogP contribution in [-0.2, 0) is 0 Å². The number of hydrogen-bond acceptors (Lipinski definition) is 2. The summed E-state index contributed by atoms with van der Waals surface area (Å²) in [6.45, 7) is 0. The molecule has 1 rings (SSSR count). The SMILES string of the molecule is ClC=Cc1ccccc1.NN. The summed E-state index contributed by atoms with van der Waals surface area (Å²) >= 11 is 5.36. The molecule has 0 aliphatic carbocycles. The molecule has 0 saturated heterocycles. The van der Waals surface area contributed by atoms with Crippen molar-refractivity contribution in [2.45, 2.75) is 0 Å². The Morgan fingerprint density at radius 3 is 2.09 bits per heavy atom. The Hall–Kier alpha value is -0.830. The summed E-state index contributed by atoms with van der Waals surface area (Å²) in [5.74, 6) is 8.00. The van der Waals surface area contributed by atoms with E-state index in [1.165, 1.54) is 5.54 Å². The molecule has 0 atom stereocenters. The zero-order chi connectivity index (χ0) is 8.53. The molecule has 0 saturated carbocycles. The van der Waals surface area contributed by atoms with Gasteiger partial charge in [-0.3, -0.25) is 11.7 Å². The van der Waals surface area contributed by atoms with E-state index in [1.54, 1.807) is 0 Å². The van der Waals surface area contributed by atoms with Crippen LogP contribution in [0.15, 0.2) is 35.9 Å². The molecule has 2 nitrogen and oxygen atoms in total. The third kappa shape index (κ3) is 4.56. The lowest BCUT2D eigenvalue weighted by atomic mass is 10.2. The van der Waals surface area contributed by atoms with Crippen LogP contribution in [0.1, 0.15) is 5.56 Å². The van der Waals surface area contributed by atoms with Crippen molar-refractivity contribution in [2.24, 2.45) is 11.7 Å². The molecule has 0 fully saturated rings. The van der Waals surface area contributed by atoms with Gasteiger partial charge in [-0.05, 0) is 11.6 Å². The topological polar surface area (TPSA) is 52.0 Å². The maximum absolute atomic E-state index is 5.36. The lowest BCUT2D eigenvalue weighted by molar-refractivity contribution is 1.26. The lowest BCUT2D eigenvalue weighted by Gasteiger charge is -1.86. The van der Waals surface area contributed by atoms with Gasteiger partial charge in [-0.1, -0.05) is 41.9 Å². The molecule has 3 heteroatoms. The number of benzene rings is 1. The van der Waals surface area contributed by atoms with Crippen LogP contribution in [-0.4, -0.2) is 0 Å². The van der Waals surface area contributed by atoms with E-state index in [9.17, 15) is 0 Å². The van der Waals surface area contributed by atoms with Crippen molar-refractivity contribution in [3.63, 3.8) is 0 Å². The number of rotatable bonds is 1. The van der Waals surface area contributed by atoms with Crippen LogP contribution < -0.4 is 11.7 Å². The van der Waals surface area contributed by atoms with Crippen LogP contribution in [0, 0.1) is 0 Å². The van der Waals surface area contributed by atoms with Gasteiger partial charge in [0.1, 0.15) is 0 Å². The molecule has 0 heterocycles. The Bertz CT molecular complexity index is 197. The highest BCUT2D eigenvalue weighted by Gasteiger charge is 1.78. The van der Waals surface area contributed by atoms with Crippen molar-refractivity contribution in [1.82, 2.24) is 0 Å². The highest BCUT2D eigenvalue weighted by molar-refractivity contribution is 6.27. The van der Waals surface area contributed by atoms with E-state index in [1.807, 2.05) is 36.4 Å². The maximum Gasteiger partial charge on any atom is 0.00484 e. The summed E-state index contributed by atoms with van der Waals surface area (Å²) in [7, 11) is 0. The first-order valence-electron chi connectivity index (χ1n) is 3.08. The van der Waals surface area contributed by atoms with Gasteiger partial charge in [0.2, 0.25) is 0 Å². The van der Waals surface area contributed by atoms with E-state index in [-0.39, 0.29) is 0 Å². The Morgan fingerprint density at radius 2 is 1.64 bits per heavy atom. The maximum atomic E-state index is 5.36. The van der Waals surface area contributed by atoms with Gasteiger partial charge < -0.3 is 0 Å². The monoisotopic (exact) mass is 170 g/mol. The molecule has 0 unspecified atom stereocenters. The van der Waals surface area contributed by atoms with Gasteiger partial charge in [-0.25, -0.2) is 0 Å². The van der Waals surface area contributed by atoms with Gasteiger partial charge in [0, 0.05) is 5.54 Å². The Balaban J connectivity index is 0.000000461. The largest absolute Gasteiger partial charge is 0.274 e. The van der Waals surface area contributed by atoms with Crippen molar-refractivity contribution in [3.05, 3.63) is 41.4 Å². The first kappa shape index (κ1) is 10.2. The molecule has 0 amide bonds. The van der Waals surface area contributed by atoms with Crippen molar-refractivity contribution < 1.29 is 0 Å².